The summed E-state index contributed by atoms with van der Waals surface area (Å²) in [6.07, 6.45) is 4.97. The van der Waals surface area contributed by atoms with Crippen LogP contribution in [0.4, 0.5) is 4.39 Å². The van der Waals surface area contributed by atoms with Crippen molar-refractivity contribution < 1.29 is 9.13 Å². The summed E-state index contributed by atoms with van der Waals surface area (Å²) in [6, 6.07) is 5.89. The summed E-state index contributed by atoms with van der Waals surface area (Å²) in [5.74, 6) is 0.0174. The van der Waals surface area contributed by atoms with Gasteiger partial charge in [0.25, 0.3) is 0 Å². The van der Waals surface area contributed by atoms with Gasteiger partial charge < -0.3 is 10.1 Å². The Balaban J connectivity index is 1.97. The molecule has 1 fully saturated rings. The second-order valence-corrected chi connectivity index (χ2v) is 6.72. The molecule has 0 bridgehead atoms. The average Bonchev–Trinajstić information content (AvgIpc) is 2.41. The summed E-state index contributed by atoms with van der Waals surface area (Å²) in [4.78, 5) is 0. The molecule has 0 aliphatic heterocycles. The van der Waals surface area contributed by atoms with Gasteiger partial charge in [0.1, 0.15) is 0 Å². The fourth-order valence-corrected chi connectivity index (χ4v) is 2.96. The summed E-state index contributed by atoms with van der Waals surface area (Å²) in [5, 5.41) is 3.67. The lowest BCUT2D eigenvalue weighted by atomic mass is 9.75. The first-order valence-corrected chi connectivity index (χ1v) is 7.51. The van der Waals surface area contributed by atoms with Gasteiger partial charge in [-0.15, -0.1) is 0 Å². The van der Waals surface area contributed by atoms with Crippen LogP contribution in [0.1, 0.15) is 58.1 Å². The van der Waals surface area contributed by atoms with Crippen molar-refractivity contribution in [1.82, 2.24) is 5.32 Å². The molecule has 112 valence electrons. The summed E-state index contributed by atoms with van der Waals surface area (Å²) >= 11 is 0. The van der Waals surface area contributed by atoms with Crippen molar-refractivity contribution >= 4 is 0 Å². The Labute approximate surface area is 121 Å². The van der Waals surface area contributed by atoms with E-state index >= 15 is 0 Å². The normalized spacial score (nSPS) is 20.6. The minimum atomic E-state index is -0.303. The number of halogens is 1. The van der Waals surface area contributed by atoms with Crippen LogP contribution in [0.3, 0.4) is 0 Å². The Kier molecular flexibility index (Phi) is 4.69. The molecule has 3 heteroatoms. The topological polar surface area (TPSA) is 21.3 Å². The lowest BCUT2D eigenvalue weighted by Crippen LogP contribution is -2.37. The van der Waals surface area contributed by atoms with Crippen molar-refractivity contribution in [2.75, 3.05) is 7.11 Å². The molecule has 1 aliphatic rings. The maximum absolute atomic E-state index is 13.4. The maximum Gasteiger partial charge on any atom is 0.165 e. The Morgan fingerprint density at radius 2 is 1.95 bits per heavy atom. The SMILES string of the molecule is COc1cc(C(C)NC2CCC(C)(C)CC2)ccc1F. The van der Waals surface area contributed by atoms with Crippen molar-refractivity contribution in [3.05, 3.63) is 29.6 Å². The molecule has 1 aromatic carbocycles. The van der Waals surface area contributed by atoms with E-state index in [9.17, 15) is 4.39 Å². The molecule has 0 saturated heterocycles. The van der Waals surface area contributed by atoms with Gasteiger partial charge in [-0.3, -0.25) is 0 Å². The number of ether oxygens (including phenoxy) is 1. The number of hydrogen-bond donors (Lipinski definition) is 1. The van der Waals surface area contributed by atoms with Gasteiger partial charge >= 0.3 is 0 Å². The van der Waals surface area contributed by atoms with Crippen LogP contribution in [0.25, 0.3) is 0 Å². The van der Waals surface area contributed by atoms with Gasteiger partial charge in [0.2, 0.25) is 0 Å². The largest absolute Gasteiger partial charge is 0.494 e. The molecule has 2 rings (SSSR count). The van der Waals surface area contributed by atoms with E-state index in [1.807, 2.05) is 6.07 Å². The smallest absolute Gasteiger partial charge is 0.165 e. The number of hydrogen-bond acceptors (Lipinski definition) is 2. The van der Waals surface area contributed by atoms with Gasteiger partial charge in [0.15, 0.2) is 11.6 Å². The predicted molar refractivity (Wildman–Crippen MR) is 80.5 cm³/mol. The van der Waals surface area contributed by atoms with E-state index in [2.05, 4.69) is 26.1 Å². The number of benzene rings is 1. The highest BCUT2D eigenvalue weighted by Gasteiger charge is 2.27. The van der Waals surface area contributed by atoms with Gasteiger partial charge in [-0.25, -0.2) is 4.39 Å². The first-order chi connectivity index (χ1) is 9.41. The highest BCUT2D eigenvalue weighted by atomic mass is 19.1. The lowest BCUT2D eigenvalue weighted by Gasteiger charge is -2.36. The Morgan fingerprint density at radius 1 is 1.30 bits per heavy atom. The van der Waals surface area contributed by atoms with Crippen molar-refractivity contribution in [3.63, 3.8) is 0 Å². The van der Waals surface area contributed by atoms with Gasteiger partial charge in [-0.05, 0) is 55.7 Å². The second-order valence-electron chi connectivity index (χ2n) is 6.72. The molecule has 1 aromatic rings. The first kappa shape index (κ1) is 15.3. The Hall–Kier alpha value is -1.09. The molecule has 0 amide bonds. The third-order valence-electron chi connectivity index (χ3n) is 4.50. The van der Waals surface area contributed by atoms with Crippen LogP contribution in [0, 0.1) is 11.2 Å². The zero-order valence-electron chi connectivity index (χ0n) is 13.0. The molecule has 0 heterocycles. The Morgan fingerprint density at radius 3 is 2.55 bits per heavy atom. The van der Waals surface area contributed by atoms with Crippen LogP contribution in [0.5, 0.6) is 5.75 Å². The second kappa shape index (κ2) is 6.13. The molecule has 0 aromatic heterocycles. The summed E-state index contributed by atoms with van der Waals surface area (Å²) in [7, 11) is 1.50. The minimum Gasteiger partial charge on any atom is -0.494 e. The van der Waals surface area contributed by atoms with Crippen molar-refractivity contribution in [3.8, 4) is 5.75 Å². The molecule has 1 atom stereocenters. The van der Waals surface area contributed by atoms with Crippen LogP contribution in [0.15, 0.2) is 18.2 Å². The first-order valence-electron chi connectivity index (χ1n) is 7.51. The fraction of sp³-hybridized carbons (Fsp3) is 0.647. The molecule has 2 nitrogen and oxygen atoms in total. The molecular formula is C17H26FNO. The molecule has 1 unspecified atom stereocenters. The summed E-state index contributed by atoms with van der Waals surface area (Å²) in [5.41, 5.74) is 1.56. The number of nitrogens with one attached hydrogen (secondary N) is 1. The van der Waals surface area contributed by atoms with E-state index in [-0.39, 0.29) is 11.9 Å². The molecule has 0 radical (unpaired) electrons. The molecule has 0 spiro atoms. The zero-order chi connectivity index (χ0) is 14.8. The van der Waals surface area contributed by atoms with E-state index in [4.69, 9.17) is 4.74 Å². The molecule has 1 N–H and O–H groups in total. The van der Waals surface area contributed by atoms with Crippen LogP contribution >= 0.6 is 0 Å². The van der Waals surface area contributed by atoms with Crippen LogP contribution in [-0.4, -0.2) is 13.2 Å². The summed E-state index contributed by atoms with van der Waals surface area (Å²) in [6.45, 7) is 6.82. The monoisotopic (exact) mass is 279 g/mol. The fourth-order valence-electron chi connectivity index (χ4n) is 2.96. The number of rotatable bonds is 4. The Bertz CT molecular complexity index is 448. The van der Waals surface area contributed by atoms with E-state index in [0.717, 1.165) is 5.56 Å². The highest BCUT2D eigenvalue weighted by Crippen LogP contribution is 2.35. The molecular weight excluding hydrogens is 253 g/mol. The lowest BCUT2D eigenvalue weighted by molar-refractivity contribution is 0.200. The molecule has 20 heavy (non-hydrogen) atoms. The van der Waals surface area contributed by atoms with E-state index < -0.39 is 0 Å². The van der Waals surface area contributed by atoms with Crippen molar-refractivity contribution in [2.24, 2.45) is 5.41 Å². The van der Waals surface area contributed by atoms with Crippen LogP contribution in [-0.2, 0) is 0 Å². The van der Waals surface area contributed by atoms with E-state index in [1.165, 1.54) is 38.9 Å². The predicted octanol–water partition coefficient (Wildman–Crippen LogP) is 4.45. The van der Waals surface area contributed by atoms with Crippen LogP contribution < -0.4 is 10.1 Å². The summed E-state index contributed by atoms with van der Waals surface area (Å²) < 4.78 is 18.5. The third-order valence-corrected chi connectivity index (χ3v) is 4.50. The third kappa shape index (κ3) is 3.72. The van der Waals surface area contributed by atoms with Crippen LogP contribution in [0.2, 0.25) is 0 Å². The van der Waals surface area contributed by atoms with E-state index in [1.54, 1.807) is 6.07 Å². The molecule has 1 aliphatic carbocycles. The highest BCUT2D eigenvalue weighted by molar-refractivity contribution is 5.32. The molecule has 1 saturated carbocycles. The van der Waals surface area contributed by atoms with E-state index in [0.29, 0.717) is 17.2 Å². The van der Waals surface area contributed by atoms with Crippen molar-refractivity contribution in [1.29, 1.82) is 0 Å². The number of methoxy groups -OCH3 is 1. The zero-order valence-corrected chi connectivity index (χ0v) is 13.0. The quantitative estimate of drug-likeness (QED) is 0.879. The minimum absolute atomic E-state index is 0.218. The van der Waals surface area contributed by atoms with Gasteiger partial charge in [0, 0.05) is 12.1 Å². The van der Waals surface area contributed by atoms with Gasteiger partial charge in [0.05, 0.1) is 7.11 Å². The van der Waals surface area contributed by atoms with Gasteiger partial charge in [-0.1, -0.05) is 19.9 Å². The standard InChI is InChI=1S/C17H26FNO/c1-12(13-5-6-15(18)16(11-13)20-4)19-14-7-9-17(2,3)10-8-14/h5-6,11-12,14,19H,7-10H2,1-4H3. The maximum atomic E-state index is 13.4. The van der Waals surface area contributed by atoms with Gasteiger partial charge in [-0.2, -0.15) is 0 Å². The average molecular weight is 279 g/mol. The van der Waals surface area contributed by atoms with Crippen molar-refractivity contribution in [2.45, 2.75) is 58.5 Å².